The van der Waals surface area contributed by atoms with Gasteiger partial charge in [0.2, 0.25) is 5.71 Å². The van der Waals surface area contributed by atoms with E-state index in [2.05, 4.69) is 10.5 Å². The predicted molar refractivity (Wildman–Crippen MR) is 61.3 cm³/mol. The van der Waals surface area contributed by atoms with Crippen LogP contribution in [0.4, 0.5) is 5.69 Å². The molecule has 1 rings (SSSR count). The highest BCUT2D eigenvalue weighted by Gasteiger charge is 1.97. The van der Waals surface area contributed by atoms with E-state index in [4.69, 9.17) is 20.4 Å². The van der Waals surface area contributed by atoms with Crippen LogP contribution in [-0.2, 0) is 0 Å². The highest BCUT2D eigenvalue weighted by atomic mass is 16.5. The Hall–Kier alpha value is -2.57. The monoisotopic (exact) mass is 230 g/mol. The largest absolute Gasteiger partial charge is 0.491 e. The lowest BCUT2D eigenvalue weighted by molar-refractivity contribution is 0.201. The quantitative estimate of drug-likeness (QED) is 0.577. The molecule has 0 amide bonds. The van der Waals surface area contributed by atoms with E-state index in [1.165, 1.54) is 0 Å². The summed E-state index contributed by atoms with van der Waals surface area (Å²) >= 11 is 0. The normalized spacial score (nSPS) is 8.65. The molecule has 2 N–H and O–H groups in total. The fraction of sp³-hybridized carbons (Fsp3) is 0.182. The van der Waals surface area contributed by atoms with Crippen LogP contribution < -0.4 is 10.2 Å². The van der Waals surface area contributed by atoms with Gasteiger partial charge in [-0.2, -0.15) is 15.6 Å². The molecule has 6 heteroatoms. The zero-order chi connectivity index (χ0) is 12.5. The van der Waals surface area contributed by atoms with Gasteiger partial charge in [0, 0.05) is 6.07 Å². The van der Waals surface area contributed by atoms with E-state index in [9.17, 15) is 0 Å². The van der Waals surface area contributed by atoms with Gasteiger partial charge in [0.05, 0.1) is 12.3 Å². The number of hydrogen-bond donors (Lipinski definition) is 2. The van der Waals surface area contributed by atoms with Crippen LogP contribution in [0.1, 0.15) is 0 Å². The molecule has 1 aromatic rings. The van der Waals surface area contributed by atoms with E-state index >= 15 is 0 Å². The highest BCUT2D eigenvalue weighted by Crippen LogP contribution is 2.17. The first-order valence-corrected chi connectivity index (χ1v) is 4.77. The summed E-state index contributed by atoms with van der Waals surface area (Å²) in [7, 11) is 0. The first kappa shape index (κ1) is 12.5. The minimum absolute atomic E-state index is 0.0666. The Morgan fingerprint density at radius 2 is 2.18 bits per heavy atom. The van der Waals surface area contributed by atoms with Crippen LogP contribution in [0.15, 0.2) is 29.4 Å². The summed E-state index contributed by atoms with van der Waals surface area (Å²) in [5.41, 5.74) is 2.89. The number of nitriles is 2. The Balaban J connectivity index is 2.70. The molecule has 0 aliphatic heterocycles. The molecule has 0 saturated heterocycles. The second-order valence-corrected chi connectivity index (χ2v) is 2.90. The number of anilines is 1. The minimum atomic E-state index is -0.258. The summed E-state index contributed by atoms with van der Waals surface area (Å²) in [4.78, 5) is 0. The van der Waals surface area contributed by atoms with Gasteiger partial charge in [0.15, 0.2) is 0 Å². The number of benzene rings is 1. The van der Waals surface area contributed by atoms with Gasteiger partial charge in [0.25, 0.3) is 0 Å². The lowest BCUT2D eigenvalue weighted by atomic mass is 10.3. The van der Waals surface area contributed by atoms with E-state index in [1.807, 2.05) is 0 Å². The van der Waals surface area contributed by atoms with Crippen molar-refractivity contribution in [3.63, 3.8) is 0 Å². The van der Waals surface area contributed by atoms with Crippen LogP contribution in [-0.4, -0.2) is 24.0 Å². The molecule has 0 bridgehead atoms. The average Bonchev–Trinajstić information content (AvgIpc) is 2.38. The fourth-order valence-corrected chi connectivity index (χ4v) is 1.01. The molecule has 17 heavy (non-hydrogen) atoms. The predicted octanol–water partition coefficient (Wildman–Crippen LogP) is 0.873. The Bertz CT molecular complexity index is 469. The molecule has 0 radical (unpaired) electrons. The third-order valence-electron chi connectivity index (χ3n) is 1.70. The Kier molecular flexibility index (Phi) is 5.02. The van der Waals surface area contributed by atoms with Gasteiger partial charge in [-0.3, -0.25) is 5.43 Å². The number of ether oxygens (including phenoxy) is 1. The van der Waals surface area contributed by atoms with Gasteiger partial charge in [-0.15, -0.1) is 0 Å². The number of nitrogens with one attached hydrogen (secondary N) is 1. The lowest BCUT2D eigenvalue weighted by Crippen LogP contribution is -2.02. The van der Waals surface area contributed by atoms with Gasteiger partial charge in [-0.25, -0.2) is 0 Å². The fourth-order valence-electron chi connectivity index (χ4n) is 1.01. The van der Waals surface area contributed by atoms with Gasteiger partial charge >= 0.3 is 0 Å². The first-order chi connectivity index (χ1) is 8.30. The van der Waals surface area contributed by atoms with Crippen molar-refractivity contribution in [3.05, 3.63) is 24.3 Å². The van der Waals surface area contributed by atoms with Crippen LogP contribution in [0.5, 0.6) is 5.75 Å². The highest BCUT2D eigenvalue weighted by molar-refractivity contribution is 6.10. The van der Waals surface area contributed by atoms with Crippen LogP contribution in [0.25, 0.3) is 0 Å². The van der Waals surface area contributed by atoms with Crippen molar-refractivity contribution in [3.8, 4) is 17.9 Å². The number of hydrogen-bond acceptors (Lipinski definition) is 6. The standard InChI is InChI=1S/C11H10N4O2/c12-7-10(8-13)15-14-9-2-1-3-11(6-9)17-5-4-16/h1-3,6,14,16H,4-5H2. The zero-order valence-electron chi connectivity index (χ0n) is 8.92. The van der Waals surface area contributed by atoms with Crippen molar-refractivity contribution in [2.75, 3.05) is 18.6 Å². The van der Waals surface area contributed by atoms with Gasteiger partial charge in [-0.1, -0.05) is 6.07 Å². The smallest absolute Gasteiger partial charge is 0.237 e. The van der Waals surface area contributed by atoms with E-state index in [1.54, 1.807) is 36.4 Å². The summed E-state index contributed by atoms with van der Waals surface area (Å²) < 4.78 is 5.19. The minimum Gasteiger partial charge on any atom is -0.491 e. The van der Waals surface area contributed by atoms with E-state index in [-0.39, 0.29) is 18.9 Å². The molecule has 86 valence electrons. The second-order valence-electron chi connectivity index (χ2n) is 2.90. The number of rotatable bonds is 5. The van der Waals surface area contributed by atoms with Crippen molar-refractivity contribution >= 4 is 11.4 Å². The maximum Gasteiger partial charge on any atom is 0.237 e. The molecule has 6 nitrogen and oxygen atoms in total. The molecule has 0 saturated carbocycles. The molecule has 0 atom stereocenters. The van der Waals surface area contributed by atoms with Crippen molar-refractivity contribution in [1.82, 2.24) is 0 Å². The van der Waals surface area contributed by atoms with Crippen LogP contribution in [0, 0.1) is 22.7 Å². The molecule has 0 aliphatic carbocycles. The van der Waals surface area contributed by atoms with Crippen molar-refractivity contribution in [2.24, 2.45) is 5.10 Å². The summed E-state index contributed by atoms with van der Waals surface area (Å²) in [6, 6.07) is 10.1. The molecule has 0 spiro atoms. The van der Waals surface area contributed by atoms with Crippen LogP contribution >= 0.6 is 0 Å². The summed E-state index contributed by atoms with van der Waals surface area (Å²) in [5.74, 6) is 0.565. The Morgan fingerprint density at radius 3 is 2.82 bits per heavy atom. The molecule has 1 aromatic carbocycles. The van der Waals surface area contributed by atoms with Crippen LogP contribution in [0.3, 0.4) is 0 Å². The SMILES string of the molecule is N#CC(C#N)=NNc1cccc(OCCO)c1. The molecule has 0 fully saturated rings. The number of aliphatic hydroxyl groups excluding tert-OH is 1. The third kappa shape index (κ3) is 4.20. The van der Waals surface area contributed by atoms with Gasteiger partial charge < -0.3 is 9.84 Å². The van der Waals surface area contributed by atoms with Gasteiger partial charge in [0.1, 0.15) is 24.5 Å². The van der Waals surface area contributed by atoms with Crippen molar-refractivity contribution < 1.29 is 9.84 Å². The zero-order valence-corrected chi connectivity index (χ0v) is 8.92. The summed E-state index contributed by atoms with van der Waals surface area (Å²) in [6.45, 7) is 0.136. The third-order valence-corrected chi connectivity index (χ3v) is 1.70. The molecular weight excluding hydrogens is 220 g/mol. The van der Waals surface area contributed by atoms with Crippen molar-refractivity contribution in [1.29, 1.82) is 10.5 Å². The summed E-state index contributed by atoms with van der Waals surface area (Å²) in [6.07, 6.45) is 0. The van der Waals surface area contributed by atoms with Gasteiger partial charge in [-0.05, 0) is 12.1 Å². The molecule has 0 aromatic heterocycles. The first-order valence-electron chi connectivity index (χ1n) is 4.77. The maximum absolute atomic E-state index is 8.60. The maximum atomic E-state index is 8.60. The Labute approximate surface area is 98.4 Å². The van der Waals surface area contributed by atoms with E-state index in [0.29, 0.717) is 11.4 Å². The number of hydrazone groups is 1. The lowest BCUT2D eigenvalue weighted by Gasteiger charge is -2.05. The second kappa shape index (κ2) is 6.83. The topological polar surface area (TPSA) is 101 Å². The molecular formula is C11H10N4O2. The number of nitrogens with zero attached hydrogens (tertiary/aromatic N) is 3. The number of aliphatic hydroxyl groups is 1. The molecule has 0 unspecified atom stereocenters. The van der Waals surface area contributed by atoms with Crippen molar-refractivity contribution in [2.45, 2.75) is 0 Å². The Morgan fingerprint density at radius 1 is 1.41 bits per heavy atom. The van der Waals surface area contributed by atoms with E-state index < -0.39 is 0 Å². The van der Waals surface area contributed by atoms with Crippen LogP contribution in [0.2, 0.25) is 0 Å². The molecule has 0 heterocycles. The molecule has 0 aliphatic rings. The average molecular weight is 230 g/mol. The summed E-state index contributed by atoms with van der Waals surface area (Å²) in [5, 5.41) is 29.2. The van der Waals surface area contributed by atoms with E-state index in [0.717, 1.165) is 0 Å².